The second kappa shape index (κ2) is 6.36. The molecule has 4 nitrogen and oxygen atoms in total. The van der Waals surface area contributed by atoms with Crippen molar-refractivity contribution >= 4 is 27.5 Å². The first kappa shape index (κ1) is 14.9. The largest absolute Gasteiger partial charge is 0.398 e. The van der Waals surface area contributed by atoms with E-state index in [0.29, 0.717) is 17.3 Å². The van der Waals surface area contributed by atoms with Crippen molar-refractivity contribution in [3.8, 4) is 0 Å². The van der Waals surface area contributed by atoms with E-state index in [-0.39, 0.29) is 5.91 Å². The summed E-state index contributed by atoms with van der Waals surface area (Å²) in [6.07, 6.45) is 4.82. The van der Waals surface area contributed by atoms with Crippen LogP contribution in [0.25, 0.3) is 0 Å². The highest BCUT2D eigenvalue weighted by molar-refractivity contribution is 9.10. The van der Waals surface area contributed by atoms with Crippen molar-refractivity contribution in [1.29, 1.82) is 0 Å². The number of nitrogens with two attached hydrogens (primary N) is 1. The molecule has 0 bridgehead atoms. The van der Waals surface area contributed by atoms with E-state index in [2.05, 4.69) is 20.8 Å². The van der Waals surface area contributed by atoms with Gasteiger partial charge in [-0.15, -0.1) is 0 Å². The third-order valence-corrected chi connectivity index (χ3v) is 5.15. The molecular formula is C16H22BrN3O. The Morgan fingerprint density at radius 3 is 2.48 bits per heavy atom. The Labute approximate surface area is 134 Å². The van der Waals surface area contributed by atoms with Gasteiger partial charge in [0.05, 0.1) is 5.56 Å². The second-order valence-electron chi connectivity index (χ2n) is 6.00. The van der Waals surface area contributed by atoms with Gasteiger partial charge in [0.15, 0.2) is 0 Å². The molecule has 2 fully saturated rings. The van der Waals surface area contributed by atoms with E-state index in [1.807, 2.05) is 17.0 Å². The van der Waals surface area contributed by atoms with Crippen molar-refractivity contribution in [2.24, 2.45) is 0 Å². The van der Waals surface area contributed by atoms with E-state index in [1.165, 1.54) is 25.9 Å². The van der Waals surface area contributed by atoms with E-state index in [0.717, 1.165) is 30.4 Å². The molecule has 2 aliphatic heterocycles. The Hall–Kier alpha value is -1.07. The first-order valence-corrected chi connectivity index (χ1v) is 8.53. The van der Waals surface area contributed by atoms with Crippen LogP contribution in [-0.4, -0.2) is 47.9 Å². The number of halogens is 1. The highest BCUT2D eigenvalue weighted by atomic mass is 79.9. The number of nitrogens with zero attached hydrogens (tertiary/aromatic N) is 2. The summed E-state index contributed by atoms with van der Waals surface area (Å²) >= 11 is 3.41. The van der Waals surface area contributed by atoms with Crippen LogP contribution >= 0.6 is 15.9 Å². The van der Waals surface area contributed by atoms with Gasteiger partial charge >= 0.3 is 0 Å². The summed E-state index contributed by atoms with van der Waals surface area (Å²) in [4.78, 5) is 17.2. The number of benzene rings is 1. The maximum atomic E-state index is 12.6. The van der Waals surface area contributed by atoms with Crippen molar-refractivity contribution in [1.82, 2.24) is 9.80 Å². The fourth-order valence-corrected chi connectivity index (χ4v) is 3.79. The Morgan fingerprint density at radius 2 is 1.81 bits per heavy atom. The lowest BCUT2D eigenvalue weighted by Crippen LogP contribution is -2.46. The van der Waals surface area contributed by atoms with Gasteiger partial charge < -0.3 is 15.5 Å². The molecule has 2 N–H and O–H groups in total. The fourth-order valence-electron chi connectivity index (χ4n) is 3.42. The average molecular weight is 352 g/mol. The highest BCUT2D eigenvalue weighted by Gasteiger charge is 2.29. The van der Waals surface area contributed by atoms with Crippen LogP contribution in [0.1, 0.15) is 36.0 Å². The molecule has 0 atom stereocenters. The number of amides is 1. The molecule has 5 heteroatoms. The average Bonchev–Trinajstić information content (AvgIpc) is 3.03. The molecule has 1 amide bonds. The maximum Gasteiger partial charge on any atom is 0.255 e. The zero-order valence-electron chi connectivity index (χ0n) is 12.2. The van der Waals surface area contributed by atoms with Gasteiger partial charge in [0.25, 0.3) is 5.91 Å². The van der Waals surface area contributed by atoms with Gasteiger partial charge in [-0.05, 0) is 57.0 Å². The standard InChI is InChI=1S/C16H22BrN3O/c17-12-3-4-15(18)14(11-12)16(21)20-9-5-13(6-10-20)19-7-1-2-8-19/h3-4,11,13H,1-2,5-10,18H2. The quantitative estimate of drug-likeness (QED) is 0.833. The molecule has 2 heterocycles. The van der Waals surface area contributed by atoms with Gasteiger partial charge in [-0.25, -0.2) is 0 Å². The fraction of sp³-hybridized carbons (Fsp3) is 0.562. The van der Waals surface area contributed by atoms with Crippen LogP contribution in [0, 0.1) is 0 Å². The third kappa shape index (κ3) is 3.24. The maximum absolute atomic E-state index is 12.6. The number of piperidine rings is 1. The van der Waals surface area contributed by atoms with Crippen LogP contribution in [0.2, 0.25) is 0 Å². The van der Waals surface area contributed by atoms with Gasteiger partial charge in [-0.3, -0.25) is 4.79 Å². The normalized spacial score (nSPS) is 20.9. The Bertz CT molecular complexity index is 520. The molecule has 2 saturated heterocycles. The van der Waals surface area contributed by atoms with E-state index >= 15 is 0 Å². The van der Waals surface area contributed by atoms with E-state index in [1.54, 1.807) is 6.07 Å². The second-order valence-corrected chi connectivity index (χ2v) is 6.91. The smallest absolute Gasteiger partial charge is 0.255 e. The SMILES string of the molecule is Nc1ccc(Br)cc1C(=O)N1CCC(N2CCCC2)CC1. The predicted molar refractivity (Wildman–Crippen MR) is 88.3 cm³/mol. The number of carbonyl (C=O) groups is 1. The Kier molecular flexibility index (Phi) is 4.50. The highest BCUT2D eigenvalue weighted by Crippen LogP contribution is 2.24. The molecule has 1 aromatic carbocycles. The molecule has 21 heavy (non-hydrogen) atoms. The number of anilines is 1. The topological polar surface area (TPSA) is 49.6 Å². The van der Waals surface area contributed by atoms with Gasteiger partial charge in [0, 0.05) is 29.3 Å². The summed E-state index contributed by atoms with van der Waals surface area (Å²) in [6.45, 7) is 4.15. The number of hydrogen-bond acceptors (Lipinski definition) is 3. The molecule has 2 aliphatic rings. The number of likely N-dealkylation sites (tertiary alicyclic amines) is 2. The molecule has 0 radical (unpaired) electrons. The molecular weight excluding hydrogens is 330 g/mol. The first-order valence-electron chi connectivity index (χ1n) is 7.73. The lowest BCUT2D eigenvalue weighted by atomic mass is 10.0. The lowest BCUT2D eigenvalue weighted by Gasteiger charge is -2.36. The van der Waals surface area contributed by atoms with Crippen LogP contribution in [0.3, 0.4) is 0 Å². The summed E-state index contributed by atoms with van der Waals surface area (Å²) in [5, 5.41) is 0. The van der Waals surface area contributed by atoms with Crippen molar-refractivity contribution in [2.75, 3.05) is 31.9 Å². The molecule has 114 valence electrons. The van der Waals surface area contributed by atoms with Crippen molar-refractivity contribution in [3.63, 3.8) is 0 Å². The van der Waals surface area contributed by atoms with E-state index < -0.39 is 0 Å². The zero-order chi connectivity index (χ0) is 14.8. The van der Waals surface area contributed by atoms with Crippen LogP contribution in [0.5, 0.6) is 0 Å². The molecule has 0 aliphatic carbocycles. The van der Waals surface area contributed by atoms with Crippen molar-refractivity contribution < 1.29 is 4.79 Å². The number of nitrogen functional groups attached to an aromatic ring is 1. The van der Waals surface area contributed by atoms with Crippen molar-refractivity contribution in [2.45, 2.75) is 31.7 Å². The van der Waals surface area contributed by atoms with Gasteiger partial charge in [0.1, 0.15) is 0 Å². The summed E-state index contributed by atoms with van der Waals surface area (Å²) in [5.74, 6) is 0.0636. The number of carbonyl (C=O) groups excluding carboxylic acids is 1. The van der Waals surface area contributed by atoms with Crippen LogP contribution in [0.15, 0.2) is 22.7 Å². The van der Waals surface area contributed by atoms with Gasteiger partial charge in [-0.2, -0.15) is 0 Å². The van der Waals surface area contributed by atoms with Crippen LogP contribution in [-0.2, 0) is 0 Å². The molecule has 0 aromatic heterocycles. The van der Waals surface area contributed by atoms with Crippen molar-refractivity contribution in [3.05, 3.63) is 28.2 Å². The molecule has 0 spiro atoms. The number of rotatable bonds is 2. The minimum absolute atomic E-state index is 0.0636. The summed E-state index contributed by atoms with van der Waals surface area (Å²) in [5.41, 5.74) is 7.12. The predicted octanol–water partition coefficient (Wildman–Crippen LogP) is 2.73. The van der Waals surface area contributed by atoms with Gasteiger partial charge in [-0.1, -0.05) is 15.9 Å². The Balaban J connectivity index is 1.63. The molecule has 1 aromatic rings. The number of hydrogen-bond donors (Lipinski definition) is 1. The van der Waals surface area contributed by atoms with Crippen LogP contribution < -0.4 is 5.73 Å². The molecule has 3 rings (SSSR count). The third-order valence-electron chi connectivity index (χ3n) is 4.65. The van der Waals surface area contributed by atoms with Crippen LogP contribution in [0.4, 0.5) is 5.69 Å². The van der Waals surface area contributed by atoms with E-state index in [9.17, 15) is 4.79 Å². The first-order chi connectivity index (χ1) is 10.1. The minimum atomic E-state index is 0.0636. The van der Waals surface area contributed by atoms with E-state index in [4.69, 9.17) is 5.73 Å². The lowest BCUT2D eigenvalue weighted by molar-refractivity contribution is 0.0645. The molecule has 0 saturated carbocycles. The zero-order valence-corrected chi connectivity index (χ0v) is 13.8. The summed E-state index contributed by atoms with van der Waals surface area (Å²) < 4.78 is 0.895. The molecule has 0 unspecified atom stereocenters. The monoisotopic (exact) mass is 351 g/mol. The van der Waals surface area contributed by atoms with Gasteiger partial charge in [0.2, 0.25) is 0 Å². The summed E-state index contributed by atoms with van der Waals surface area (Å²) in [7, 11) is 0. The summed E-state index contributed by atoms with van der Waals surface area (Å²) in [6, 6.07) is 6.14. The Morgan fingerprint density at radius 1 is 1.14 bits per heavy atom. The minimum Gasteiger partial charge on any atom is -0.398 e.